The topological polar surface area (TPSA) is 66.5 Å². The molecule has 156 valence electrons. The molecule has 1 N–H and O–H groups in total. The Kier molecular flexibility index (Phi) is 7.22. The summed E-state index contributed by atoms with van der Waals surface area (Å²) in [7, 11) is -3.79. The van der Waals surface area contributed by atoms with Gasteiger partial charge in [0.15, 0.2) is 0 Å². The zero-order valence-corrected chi connectivity index (χ0v) is 18.5. The van der Waals surface area contributed by atoms with Crippen LogP contribution in [0.3, 0.4) is 0 Å². The maximum absolute atomic E-state index is 12.9. The first-order chi connectivity index (χ1) is 13.8. The Morgan fingerprint density at radius 1 is 1.07 bits per heavy atom. The van der Waals surface area contributed by atoms with Crippen LogP contribution in [0.25, 0.3) is 0 Å². The summed E-state index contributed by atoms with van der Waals surface area (Å²) >= 11 is 12.2. The number of aryl methyl sites for hydroxylation is 1. The number of piperidine rings is 1. The second-order valence-electron chi connectivity index (χ2n) is 7.20. The number of benzene rings is 2. The van der Waals surface area contributed by atoms with Gasteiger partial charge in [0.05, 0.1) is 10.0 Å². The van der Waals surface area contributed by atoms with Gasteiger partial charge in [-0.1, -0.05) is 53.5 Å². The average molecular weight is 455 g/mol. The summed E-state index contributed by atoms with van der Waals surface area (Å²) in [5.41, 5.74) is 2.42. The van der Waals surface area contributed by atoms with Crippen LogP contribution in [0.15, 0.2) is 47.4 Å². The van der Waals surface area contributed by atoms with Gasteiger partial charge >= 0.3 is 0 Å². The van der Waals surface area contributed by atoms with Crippen molar-refractivity contribution in [3.05, 3.63) is 63.6 Å². The highest BCUT2D eigenvalue weighted by molar-refractivity contribution is 7.89. The van der Waals surface area contributed by atoms with E-state index in [1.807, 2.05) is 12.1 Å². The van der Waals surface area contributed by atoms with Crippen molar-refractivity contribution in [2.75, 3.05) is 19.6 Å². The number of hydrogen-bond acceptors (Lipinski definition) is 3. The number of sulfonamides is 1. The van der Waals surface area contributed by atoms with Gasteiger partial charge in [0.1, 0.15) is 4.90 Å². The lowest BCUT2D eigenvalue weighted by molar-refractivity contribution is -0.126. The van der Waals surface area contributed by atoms with E-state index in [1.54, 1.807) is 6.07 Å². The van der Waals surface area contributed by atoms with Gasteiger partial charge in [0.2, 0.25) is 15.9 Å². The van der Waals surface area contributed by atoms with E-state index in [0.717, 1.165) is 6.42 Å². The molecule has 0 saturated carbocycles. The fourth-order valence-corrected chi connectivity index (χ4v) is 6.13. The molecular weight excluding hydrogens is 431 g/mol. The Bertz CT molecular complexity index is 967. The largest absolute Gasteiger partial charge is 0.356 e. The third kappa shape index (κ3) is 5.12. The lowest BCUT2D eigenvalue weighted by Crippen LogP contribution is -2.43. The van der Waals surface area contributed by atoms with Gasteiger partial charge in [-0.25, -0.2) is 8.42 Å². The highest BCUT2D eigenvalue weighted by Gasteiger charge is 2.34. The standard InChI is InChI=1S/C21H24Cl2N2O3S/c1-15-5-2-3-6-16(15)9-12-24-21(26)17-10-13-25(14-11-17)29(27,28)20-18(22)7-4-8-19(20)23/h2-8,17H,9-14H2,1H3,(H,24,26). The Hall–Kier alpha value is -1.60. The predicted octanol–water partition coefficient (Wildman–Crippen LogP) is 4.06. The molecule has 0 radical (unpaired) electrons. The molecule has 1 aliphatic heterocycles. The molecule has 2 aromatic rings. The van der Waals surface area contributed by atoms with E-state index in [1.165, 1.54) is 27.6 Å². The molecular formula is C21H24Cl2N2O3S. The van der Waals surface area contributed by atoms with Gasteiger partial charge in [-0.15, -0.1) is 0 Å². The van der Waals surface area contributed by atoms with E-state index in [9.17, 15) is 13.2 Å². The second kappa shape index (κ2) is 9.47. The quantitative estimate of drug-likeness (QED) is 0.715. The van der Waals surface area contributed by atoms with E-state index in [4.69, 9.17) is 23.2 Å². The van der Waals surface area contributed by atoms with E-state index >= 15 is 0 Å². The predicted molar refractivity (Wildman–Crippen MR) is 116 cm³/mol. The Labute approximate surface area is 182 Å². The fourth-order valence-electron chi connectivity index (χ4n) is 3.57. The van der Waals surface area contributed by atoms with Crippen LogP contribution in [-0.4, -0.2) is 38.3 Å². The zero-order chi connectivity index (χ0) is 21.0. The Morgan fingerprint density at radius 3 is 2.31 bits per heavy atom. The molecule has 1 fully saturated rings. The van der Waals surface area contributed by atoms with Crippen LogP contribution in [0.1, 0.15) is 24.0 Å². The van der Waals surface area contributed by atoms with Crippen molar-refractivity contribution in [3.63, 3.8) is 0 Å². The number of nitrogens with one attached hydrogen (secondary N) is 1. The van der Waals surface area contributed by atoms with Gasteiger partial charge in [-0.05, 0) is 49.4 Å². The monoisotopic (exact) mass is 454 g/mol. The molecule has 0 unspecified atom stereocenters. The van der Waals surface area contributed by atoms with Crippen molar-refractivity contribution in [2.45, 2.75) is 31.1 Å². The summed E-state index contributed by atoms with van der Waals surface area (Å²) in [6.45, 7) is 3.15. The van der Waals surface area contributed by atoms with Crippen LogP contribution in [-0.2, 0) is 21.2 Å². The number of hydrogen-bond donors (Lipinski definition) is 1. The second-order valence-corrected chi connectivity index (χ2v) is 9.89. The molecule has 1 saturated heterocycles. The third-order valence-electron chi connectivity index (χ3n) is 5.30. The van der Waals surface area contributed by atoms with Crippen LogP contribution in [0, 0.1) is 12.8 Å². The van der Waals surface area contributed by atoms with Crippen molar-refractivity contribution in [3.8, 4) is 0 Å². The van der Waals surface area contributed by atoms with Gasteiger partial charge in [-0.2, -0.15) is 4.31 Å². The van der Waals surface area contributed by atoms with E-state index in [2.05, 4.69) is 24.4 Å². The van der Waals surface area contributed by atoms with Gasteiger partial charge < -0.3 is 5.32 Å². The fraction of sp³-hybridized carbons (Fsp3) is 0.381. The summed E-state index contributed by atoms with van der Waals surface area (Å²) < 4.78 is 27.2. The van der Waals surface area contributed by atoms with Crippen LogP contribution in [0.5, 0.6) is 0 Å². The summed E-state index contributed by atoms with van der Waals surface area (Å²) in [4.78, 5) is 12.4. The summed E-state index contributed by atoms with van der Waals surface area (Å²) in [6, 6.07) is 12.7. The maximum Gasteiger partial charge on any atom is 0.246 e. The zero-order valence-electron chi connectivity index (χ0n) is 16.2. The number of carbonyl (C=O) groups is 1. The Balaban J connectivity index is 1.54. The van der Waals surface area contributed by atoms with E-state index in [0.29, 0.717) is 19.4 Å². The van der Waals surface area contributed by atoms with E-state index in [-0.39, 0.29) is 39.9 Å². The minimum atomic E-state index is -3.79. The van der Waals surface area contributed by atoms with E-state index < -0.39 is 10.0 Å². The minimum absolute atomic E-state index is 0.0218. The highest BCUT2D eigenvalue weighted by atomic mass is 35.5. The summed E-state index contributed by atoms with van der Waals surface area (Å²) in [5, 5.41) is 3.19. The van der Waals surface area contributed by atoms with Crippen molar-refractivity contribution in [1.29, 1.82) is 0 Å². The molecule has 1 amide bonds. The van der Waals surface area contributed by atoms with Crippen LogP contribution >= 0.6 is 23.2 Å². The smallest absolute Gasteiger partial charge is 0.246 e. The lowest BCUT2D eigenvalue weighted by atomic mass is 9.97. The van der Waals surface area contributed by atoms with Crippen molar-refractivity contribution in [2.24, 2.45) is 5.92 Å². The van der Waals surface area contributed by atoms with Crippen molar-refractivity contribution >= 4 is 39.1 Å². The molecule has 0 spiro atoms. The molecule has 8 heteroatoms. The molecule has 0 aliphatic carbocycles. The molecule has 5 nitrogen and oxygen atoms in total. The molecule has 0 atom stereocenters. The highest BCUT2D eigenvalue weighted by Crippen LogP contribution is 2.33. The summed E-state index contributed by atoms with van der Waals surface area (Å²) in [6.07, 6.45) is 1.71. The van der Waals surface area contributed by atoms with Crippen LogP contribution in [0.2, 0.25) is 10.0 Å². The normalized spacial score (nSPS) is 16.0. The molecule has 2 aromatic carbocycles. The third-order valence-corrected chi connectivity index (χ3v) is 8.15. The van der Waals surface area contributed by atoms with Crippen molar-refractivity contribution < 1.29 is 13.2 Å². The summed E-state index contributed by atoms with van der Waals surface area (Å²) in [5.74, 6) is -0.216. The van der Waals surface area contributed by atoms with Gasteiger partial charge in [0.25, 0.3) is 0 Å². The number of amides is 1. The van der Waals surface area contributed by atoms with Crippen molar-refractivity contribution in [1.82, 2.24) is 9.62 Å². The first-order valence-electron chi connectivity index (χ1n) is 9.57. The number of rotatable bonds is 6. The molecule has 1 heterocycles. The van der Waals surface area contributed by atoms with Gasteiger partial charge in [0, 0.05) is 25.6 Å². The lowest BCUT2D eigenvalue weighted by Gasteiger charge is -2.31. The SMILES string of the molecule is Cc1ccccc1CCNC(=O)C1CCN(S(=O)(=O)c2c(Cl)cccc2Cl)CC1. The maximum atomic E-state index is 12.9. The molecule has 3 rings (SSSR count). The number of carbonyl (C=O) groups excluding carboxylic acids is 1. The van der Waals surface area contributed by atoms with Gasteiger partial charge in [-0.3, -0.25) is 4.79 Å². The van der Waals surface area contributed by atoms with Crippen LogP contribution < -0.4 is 5.32 Å². The first-order valence-corrected chi connectivity index (χ1v) is 11.8. The molecule has 0 bridgehead atoms. The molecule has 29 heavy (non-hydrogen) atoms. The molecule has 1 aliphatic rings. The molecule has 0 aromatic heterocycles. The average Bonchev–Trinajstić information content (AvgIpc) is 2.69. The number of halogens is 2. The Morgan fingerprint density at radius 2 is 1.69 bits per heavy atom. The number of nitrogens with zero attached hydrogens (tertiary/aromatic N) is 1. The first kappa shape index (κ1) is 22.1. The minimum Gasteiger partial charge on any atom is -0.356 e. The van der Waals surface area contributed by atoms with Crippen LogP contribution in [0.4, 0.5) is 0 Å².